The van der Waals surface area contributed by atoms with Gasteiger partial charge in [-0.2, -0.15) is 0 Å². The van der Waals surface area contributed by atoms with E-state index in [1.54, 1.807) is 0 Å². The van der Waals surface area contributed by atoms with Gasteiger partial charge in [0.25, 0.3) is 0 Å². The number of rotatable bonds is 10. The van der Waals surface area contributed by atoms with Crippen molar-refractivity contribution >= 4 is 0 Å². The van der Waals surface area contributed by atoms with Crippen LogP contribution in [0.1, 0.15) is 56.7 Å². The average molecular weight is 311 g/mol. The summed E-state index contributed by atoms with van der Waals surface area (Å²) in [5, 5.41) is 3.56. The second-order valence-corrected chi connectivity index (χ2v) is 6.07. The highest BCUT2D eigenvalue weighted by atomic mass is 16.5. The summed E-state index contributed by atoms with van der Waals surface area (Å²) < 4.78 is 5.78. The SMILES string of the molecule is CCCCCCOc1ccc(CNC(C)c2ccccc2)cc1. The molecule has 124 valence electrons. The molecule has 0 saturated heterocycles. The molecule has 1 N–H and O–H groups in total. The maximum Gasteiger partial charge on any atom is 0.119 e. The van der Waals surface area contributed by atoms with E-state index in [0.29, 0.717) is 6.04 Å². The second kappa shape index (κ2) is 10.1. The summed E-state index contributed by atoms with van der Waals surface area (Å²) in [7, 11) is 0. The third kappa shape index (κ3) is 6.45. The minimum Gasteiger partial charge on any atom is -0.494 e. The van der Waals surface area contributed by atoms with Crippen molar-refractivity contribution in [1.29, 1.82) is 0 Å². The fraction of sp³-hybridized carbons (Fsp3) is 0.429. The van der Waals surface area contributed by atoms with Crippen LogP contribution in [-0.2, 0) is 6.54 Å². The molecule has 0 radical (unpaired) electrons. The van der Waals surface area contributed by atoms with E-state index in [1.165, 1.54) is 30.4 Å². The molecule has 2 heteroatoms. The molecule has 0 bridgehead atoms. The lowest BCUT2D eigenvalue weighted by Crippen LogP contribution is -2.17. The van der Waals surface area contributed by atoms with Crippen LogP contribution in [0.15, 0.2) is 54.6 Å². The van der Waals surface area contributed by atoms with E-state index < -0.39 is 0 Å². The van der Waals surface area contributed by atoms with Crippen LogP contribution in [0.3, 0.4) is 0 Å². The Kier molecular flexibility index (Phi) is 7.68. The van der Waals surface area contributed by atoms with Gasteiger partial charge in [-0.1, -0.05) is 68.7 Å². The molecular weight excluding hydrogens is 282 g/mol. The van der Waals surface area contributed by atoms with Crippen molar-refractivity contribution in [2.24, 2.45) is 0 Å². The zero-order valence-electron chi connectivity index (χ0n) is 14.4. The highest BCUT2D eigenvalue weighted by Gasteiger charge is 2.04. The molecule has 0 aliphatic rings. The summed E-state index contributed by atoms with van der Waals surface area (Å²) in [6.45, 7) is 6.12. The van der Waals surface area contributed by atoms with Gasteiger partial charge >= 0.3 is 0 Å². The largest absolute Gasteiger partial charge is 0.494 e. The molecular formula is C21H29NO. The average Bonchev–Trinajstić information content (AvgIpc) is 2.61. The molecule has 0 saturated carbocycles. The van der Waals surface area contributed by atoms with Gasteiger partial charge in [-0.05, 0) is 36.6 Å². The molecule has 2 rings (SSSR count). The zero-order valence-corrected chi connectivity index (χ0v) is 14.4. The molecule has 0 aliphatic heterocycles. The number of ether oxygens (including phenoxy) is 1. The van der Waals surface area contributed by atoms with Gasteiger partial charge in [0.15, 0.2) is 0 Å². The fourth-order valence-electron chi connectivity index (χ4n) is 2.55. The lowest BCUT2D eigenvalue weighted by molar-refractivity contribution is 0.305. The Morgan fingerprint density at radius 3 is 2.35 bits per heavy atom. The topological polar surface area (TPSA) is 21.3 Å². The van der Waals surface area contributed by atoms with Gasteiger partial charge in [0.2, 0.25) is 0 Å². The highest BCUT2D eigenvalue weighted by Crippen LogP contribution is 2.15. The molecule has 0 aliphatic carbocycles. The van der Waals surface area contributed by atoms with E-state index >= 15 is 0 Å². The van der Waals surface area contributed by atoms with Crippen molar-refractivity contribution in [2.75, 3.05) is 6.61 Å². The first kappa shape index (κ1) is 17.6. The van der Waals surface area contributed by atoms with E-state index in [-0.39, 0.29) is 0 Å². The molecule has 0 heterocycles. The van der Waals surface area contributed by atoms with Crippen molar-refractivity contribution in [3.05, 3.63) is 65.7 Å². The normalized spacial score (nSPS) is 12.1. The highest BCUT2D eigenvalue weighted by molar-refractivity contribution is 5.27. The lowest BCUT2D eigenvalue weighted by Gasteiger charge is -2.14. The summed E-state index contributed by atoms with van der Waals surface area (Å²) in [4.78, 5) is 0. The first-order chi connectivity index (χ1) is 11.3. The standard InChI is InChI=1S/C21H29NO/c1-3-4-5-9-16-23-21-14-12-19(13-15-21)17-22-18(2)20-10-7-6-8-11-20/h6-8,10-15,18,22H,3-5,9,16-17H2,1-2H3. The maximum absolute atomic E-state index is 5.78. The van der Waals surface area contributed by atoms with Crippen molar-refractivity contribution < 1.29 is 4.74 Å². The van der Waals surface area contributed by atoms with Crippen molar-refractivity contribution in [2.45, 2.75) is 52.1 Å². The van der Waals surface area contributed by atoms with Crippen molar-refractivity contribution in [3.8, 4) is 5.75 Å². The maximum atomic E-state index is 5.78. The molecule has 0 fully saturated rings. The van der Waals surface area contributed by atoms with Gasteiger partial charge < -0.3 is 10.1 Å². The summed E-state index contributed by atoms with van der Waals surface area (Å²) in [5.74, 6) is 0.973. The van der Waals surface area contributed by atoms with Gasteiger partial charge in [0.05, 0.1) is 6.61 Å². The predicted octanol–water partition coefficient (Wildman–Crippen LogP) is 5.50. The Hall–Kier alpha value is -1.80. The predicted molar refractivity (Wildman–Crippen MR) is 97.8 cm³/mol. The number of benzene rings is 2. The Bertz CT molecular complexity index is 536. The van der Waals surface area contributed by atoms with Crippen molar-refractivity contribution in [1.82, 2.24) is 5.32 Å². The molecule has 23 heavy (non-hydrogen) atoms. The fourth-order valence-corrected chi connectivity index (χ4v) is 2.55. The summed E-state index contributed by atoms with van der Waals surface area (Å²) >= 11 is 0. The smallest absolute Gasteiger partial charge is 0.119 e. The molecule has 0 amide bonds. The molecule has 1 unspecified atom stereocenters. The zero-order chi connectivity index (χ0) is 16.3. The van der Waals surface area contributed by atoms with Gasteiger partial charge in [0, 0.05) is 12.6 Å². The van der Waals surface area contributed by atoms with Gasteiger partial charge in [-0.25, -0.2) is 0 Å². The first-order valence-corrected chi connectivity index (χ1v) is 8.79. The van der Waals surface area contributed by atoms with Crippen LogP contribution >= 0.6 is 0 Å². The Morgan fingerprint density at radius 1 is 0.913 bits per heavy atom. The van der Waals surface area contributed by atoms with Gasteiger partial charge in [0.1, 0.15) is 5.75 Å². The Morgan fingerprint density at radius 2 is 1.65 bits per heavy atom. The summed E-state index contributed by atoms with van der Waals surface area (Å²) in [6, 6.07) is 19.3. The van der Waals surface area contributed by atoms with E-state index in [0.717, 1.165) is 25.3 Å². The molecule has 2 nitrogen and oxygen atoms in total. The third-order valence-electron chi connectivity index (χ3n) is 4.10. The summed E-state index contributed by atoms with van der Waals surface area (Å²) in [6.07, 6.45) is 4.97. The van der Waals surface area contributed by atoms with Crippen LogP contribution in [0.25, 0.3) is 0 Å². The molecule has 0 spiro atoms. The van der Waals surface area contributed by atoms with Crippen LogP contribution in [0, 0.1) is 0 Å². The number of hydrogen-bond donors (Lipinski definition) is 1. The minimum absolute atomic E-state index is 0.352. The number of nitrogens with one attached hydrogen (secondary N) is 1. The van der Waals surface area contributed by atoms with E-state index in [2.05, 4.69) is 73.8 Å². The molecule has 1 atom stereocenters. The third-order valence-corrected chi connectivity index (χ3v) is 4.10. The van der Waals surface area contributed by atoms with Gasteiger partial charge in [-0.15, -0.1) is 0 Å². The first-order valence-electron chi connectivity index (χ1n) is 8.79. The van der Waals surface area contributed by atoms with E-state index in [4.69, 9.17) is 4.74 Å². The second-order valence-electron chi connectivity index (χ2n) is 6.07. The Balaban J connectivity index is 1.72. The van der Waals surface area contributed by atoms with E-state index in [9.17, 15) is 0 Å². The van der Waals surface area contributed by atoms with Crippen molar-refractivity contribution in [3.63, 3.8) is 0 Å². The van der Waals surface area contributed by atoms with Gasteiger partial charge in [-0.3, -0.25) is 0 Å². The molecule has 2 aromatic carbocycles. The van der Waals surface area contributed by atoms with Crippen LogP contribution in [0.4, 0.5) is 0 Å². The Labute approximate surface area is 140 Å². The monoisotopic (exact) mass is 311 g/mol. The van der Waals surface area contributed by atoms with Crippen LogP contribution < -0.4 is 10.1 Å². The molecule has 2 aromatic rings. The molecule has 0 aromatic heterocycles. The van der Waals surface area contributed by atoms with Crippen LogP contribution in [-0.4, -0.2) is 6.61 Å². The number of unbranched alkanes of at least 4 members (excludes halogenated alkanes) is 3. The van der Waals surface area contributed by atoms with E-state index in [1.807, 2.05) is 0 Å². The summed E-state index contributed by atoms with van der Waals surface area (Å²) in [5.41, 5.74) is 2.60. The number of hydrogen-bond acceptors (Lipinski definition) is 2. The van der Waals surface area contributed by atoms with Crippen LogP contribution in [0.2, 0.25) is 0 Å². The minimum atomic E-state index is 0.352. The van der Waals surface area contributed by atoms with Crippen LogP contribution in [0.5, 0.6) is 5.75 Å². The lowest BCUT2D eigenvalue weighted by atomic mass is 10.1. The quantitative estimate of drug-likeness (QED) is 0.585.